The van der Waals surface area contributed by atoms with E-state index in [1.807, 2.05) is 12.4 Å². The van der Waals surface area contributed by atoms with E-state index in [0.717, 1.165) is 44.4 Å². The highest BCUT2D eigenvalue weighted by Gasteiger charge is 2.19. The maximum absolute atomic E-state index is 10.3. The zero-order valence-electron chi connectivity index (χ0n) is 14.2. The fourth-order valence-electron chi connectivity index (χ4n) is 3.03. The van der Waals surface area contributed by atoms with Gasteiger partial charge in [-0.2, -0.15) is 0 Å². The van der Waals surface area contributed by atoms with Crippen LogP contribution in [0.4, 0.5) is 5.69 Å². The van der Waals surface area contributed by atoms with E-state index < -0.39 is 0 Å². The highest BCUT2D eigenvalue weighted by atomic mass is 32.2. The Labute approximate surface area is 148 Å². The molecule has 3 rings (SSSR count). The van der Waals surface area contributed by atoms with Crippen LogP contribution in [0, 0.1) is 0 Å². The van der Waals surface area contributed by atoms with Gasteiger partial charge in [0.25, 0.3) is 0 Å². The number of thioether (sulfide) groups is 1. The van der Waals surface area contributed by atoms with Crippen LogP contribution in [0.2, 0.25) is 0 Å². The summed E-state index contributed by atoms with van der Waals surface area (Å²) in [5.74, 6) is 0.690. The number of rotatable bonds is 7. The molecule has 1 aliphatic heterocycles. The van der Waals surface area contributed by atoms with E-state index in [9.17, 15) is 5.11 Å². The van der Waals surface area contributed by atoms with Crippen molar-refractivity contribution < 1.29 is 5.11 Å². The molecule has 1 aromatic carbocycles. The van der Waals surface area contributed by atoms with Crippen molar-refractivity contribution in [3.05, 3.63) is 42.7 Å². The Bertz CT molecular complexity index is 610. The molecule has 1 fully saturated rings. The smallest absolute Gasteiger partial charge is 0.168 e. The topological polar surface area (TPSA) is 44.5 Å². The van der Waals surface area contributed by atoms with Gasteiger partial charge in [-0.25, -0.2) is 4.98 Å². The molecule has 1 saturated heterocycles. The van der Waals surface area contributed by atoms with Gasteiger partial charge in [0.1, 0.15) is 0 Å². The molecule has 5 nitrogen and oxygen atoms in total. The van der Waals surface area contributed by atoms with Crippen LogP contribution in [0.1, 0.15) is 6.92 Å². The third-order valence-electron chi connectivity index (χ3n) is 4.39. The second-order valence-corrected chi connectivity index (χ2v) is 7.07. The SMILES string of the molecule is CCn1ccnc1SCC(O)CN1CCN(c2ccccc2)CC1. The Morgan fingerprint density at radius 1 is 1.17 bits per heavy atom. The van der Waals surface area contributed by atoms with Gasteiger partial charge in [-0.15, -0.1) is 0 Å². The fraction of sp³-hybridized carbons (Fsp3) is 0.500. The molecule has 0 bridgehead atoms. The molecule has 0 radical (unpaired) electrons. The number of hydrogen-bond donors (Lipinski definition) is 1. The summed E-state index contributed by atoms with van der Waals surface area (Å²) in [4.78, 5) is 9.11. The van der Waals surface area contributed by atoms with Crippen LogP contribution < -0.4 is 4.90 Å². The predicted molar refractivity (Wildman–Crippen MR) is 99.7 cm³/mol. The Morgan fingerprint density at radius 3 is 2.62 bits per heavy atom. The first-order valence-electron chi connectivity index (χ1n) is 8.60. The van der Waals surface area contributed by atoms with Gasteiger partial charge in [0, 0.05) is 63.1 Å². The van der Waals surface area contributed by atoms with E-state index in [1.54, 1.807) is 11.8 Å². The normalized spacial score (nSPS) is 17.2. The largest absolute Gasteiger partial charge is 0.391 e. The Kier molecular flexibility index (Phi) is 6.18. The second kappa shape index (κ2) is 8.55. The summed E-state index contributed by atoms with van der Waals surface area (Å²) < 4.78 is 2.11. The highest BCUT2D eigenvalue weighted by Crippen LogP contribution is 2.18. The zero-order chi connectivity index (χ0) is 16.8. The predicted octanol–water partition coefficient (Wildman–Crippen LogP) is 2.18. The molecule has 24 heavy (non-hydrogen) atoms. The molecule has 6 heteroatoms. The van der Waals surface area contributed by atoms with Crippen molar-refractivity contribution in [1.82, 2.24) is 14.5 Å². The van der Waals surface area contributed by atoms with Crippen molar-refractivity contribution in [2.45, 2.75) is 24.7 Å². The minimum atomic E-state index is -0.319. The summed E-state index contributed by atoms with van der Waals surface area (Å²) in [6.07, 6.45) is 3.48. The minimum Gasteiger partial charge on any atom is -0.391 e. The van der Waals surface area contributed by atoms with Crippen LogP contribution in [0.15, 0.2) is 47.9 Å². The molecular formula is C18H26N4OS. The van der Waals surface area contributed by atoms with E-state index in [-0.39, 0.29) is 6.10 Å². The maximum Gasteiger partial charge on any atom is 0.168 e. The number of aromatic nitrogens is 2. The summed E-state index contributed by atoms with van der Waals surface area (Å²) >= 11 is 1.64. The fourth-order valence-corrected chi connectivity index (χ4v) is 3.96. The van der Waals surface area contributed by atoms with Crippen molar-refractivity contribution >= 4 is 17.4 Å². The Hall–Kier alpha value is -1.50. The number of aliphatic hydroxyl groups is 1. The third kappa shape index (κ3) is 4.53. The van der Waals surface area contributed by atoms with Crippen LogP contribution >= 0.6 is 11.8 Å². The number of piperazine rings is 1. The number of aryl methyl sites for hydroxylation is 1. The van der Waals surface area contributed by atoms with Crippen LogP contribution in [-0.4, -0.2) is 64.1 Å². The molecule has 2 aromatic rings. The lowest BCUT2D eigenvalue weighted by molar-refractivity contribution is 0.126. The monoisotopic (exact) mass is 346 g/mol. The number of imidazole rings is 1. The number of para-hydroxylation sites is 1. The molecule has 1 aromatic heterocycles. The molecule has 0 spiro atoms. The number of aliphatic hydroxyl groups excluding tert-OH is 1. The lowest BCUT2D eigenvalue weighted by Gasteiger charge is -2.36. The number of benzene rings is 1. The molecular weight excluding hydrogens is 320 g/mol. The average Bonchev–Trinajstić information content (AvgIpc) is 3.09. The Balaban J connectivity index is 1.41. The summed E-state index contributed by atoms with van der Waals surface area (Å²) in [7, 11) is 0. The first-order chi connectivity index (χ1) is 11.8. The quantitative estimate of drug-likeness (QED) is 0.779. The molecule has 1 unspecified atom stereocenters. The van der Waals surface area contributed by atoms with Crippen molar-refractivity contribution in [1.29, 1.82) is 0 Å². The van der Waals surface area contributed by atoms with Gasteiger partial charge in [-0.3, -0.25) is 4.90 Å². The first kappa shape index (κ1) is 17.3. The van der Waals surface area contributed by atoms with Crippen molar-refractivity contribution in [2.24, 2.45) is 0 Å². The Morgan fingerprint density at radius 2 is 1.92 bits per heavy atom. The van der Waals surface area contributed by atoms with E-state index in [1.165, 1.54) is 5.69 Å². The maximum atomic E-state index is 10.3. The van der Waals surface area contributed by atoms with Crippen LogP contribution in [0.3, 0.4) is 0 Å². The molecule has 0 saturated carbocycles. The van der Waals surface area contributed by atoms with Gasteiger partial charge in [0.2, 0.25) is 0 Å². The molecule has 0 amide bonds. The molecule has 2 heterocycles. The van der Waals surface area contributed by atoms with E-state index in [0.29, 0.717) is 5.75 Å². The average molecular weight is 347 g/mol. The molecule has 1 atom stereocenters. The zero-order valence-corrected chi connectivity index (χ0v) is 15.0. The summed E-state index contributed by atoms with van der Waals surface area (Å²) in [5.41, 5.74) is 1.29. The van der Waals surface area contributed by atoms with E-state index >= 15 is 0 Å². The molecule has 0 aliphatic carbocycles. The van der Waals surface area contributed by atoms with Crippen molar-refractivity contribution in [2.75, 3.05) is 43.4 Å². The van der Waals surface area contributed by atoms with Crippen LogP contribution in [0.5, 0.6) is 0 Å². The highest BCUT2D eigenvalue weighted by molar-refractivity contribution is 7.99. The van der Waals surface area contributed by atoms with Gasteiger partial charge in [-0.05, 0) is 19.1 Å². The third-order valence-corrected chi connectivity index (χ3v) is 5.53. The van der Waals surface area contributed by atoms with E-state index in [4.69, 9.17) is 0 Å². The number of β-amino-alcohol motifs (C(OH)–C–C–N with tert-alkyl or cyclic N) is 1. The molecule has 1 N–H and O–H groups in total. The summed E-state index contributed by atoms with van der Waals surface area (Å²) in [6, 6.07) is 10.6. The van der Waals surface area contributed by atoms with Crippen LogP contribution in [0.25, 0.3) is 0 Å². The van der Waals surface area contributed by atoms with E-state index in [2.05, 4.69) is 56.6 Å². The van der Waals surface area contributed by atoms with Gasteiger partial charge in [-0.1, -0.05) is 30.0 Å². The number of hydrogen-bond acceptors (Lipinski definition) is 5. The van der Waals surface area contributed by atoms with Crippen molar-refractivity contribution in [3.63, 3.8) is 0 Å². The summed E-state index contributed by atoms with van der Waals surface area (Å²) in [6.45, 7) is 7.80. The lowest BCUT2D eigenvalue weighted by atomic mass is 10.2. The molecule has 1 aliphatic rings. The van der Waals surface area contributed by atoms with Gasteiger partial charge in [0.15, 0.2) is 5.16 Å². The lowest BCUT2D eigenvalue weighted by Crippen LogP contribution is -2.48. The van der Waals surface area contributed by atoms with Crippen molar-refractivity contribution in [3.8, 4) is 0 Å². The summed E-state index contributed by atoms with van der Waals surface area (Å²) in [5, 5.41) is 11.3. The van der Waals surface area contributed by atoms with Gasteiger partial charge < -0.3 is 14.6 Å². The standard InChI is InChI=1S/C18H26N4OS/c1-2-21-9-8-19-18(21)24-15-17(23)14-20-10-12-22(13-11-20)16-6-4-3-5-7-16/h3-9,17,23H,2,10-15H2,1H3. The second-order valence-electron chi connectivity index (χ2n) is 6.08. The molecule has 130 valence electrons. The minimum absolute atomic E-state index is 0.319. The van der Waals surface area contributed by atoms with Crippen LogP contribution in [-0.2, 0) is 6.54 Å². The van der Waals surface area contributed by atoms with Gasteiger partial charge >= 0.3 is 0 Å². The number of anilines is 1. The first-order valence-corrected chi connectivity index (χ1v) is 9.59. The number of nitrogens with zero attached hydrogens (tertiary/aromatic N) is 4. The van der Waals surface area contributed by atoms with Gasteiger partial charge in [0.05, 0.1) is 6.10 Å².